The van der Waals surface area contributed by atoms with Gasteiger partial charge in [-0.2, -0.15) is 0 Å². The van der Waals surface area contributed by atoms with E-state index in [9.17, 15) is 4.79 Å². The van der Waals surface area contributed by atoms with Crippen LogP contribution in [0.4, 0.5) is 0 Å². The van der Waals surface area contributed by atoms with Crippen LogP contribution in [0.15, 0.2) is 30.3 Å². The third kappa shape index (κ3) is 5.20. The minimum atomic E-state index is -0.457. The zero-order valence-electron chi connectivity index (χ0n) is 10.7. The second kappa shape index (κ2) is 5.53. The van der Waals surface area contributed by atoms with Crippen LogP contribution in [0.2, 0.25) is 0 Å². The van der Waals surface area contributed by atoms with Gasteiger partial charge in [0.05, 0.1) is 7.11 Å². The van der Waals surface area contributed by atoms with Gasteiger partial charge in [-0.05, 0) is 44.5 Å². The zero-order chi connectivity index (χ0) is 12.9. The molecule has 1 aromatic carbocycles. The molecule has 0 N–H and O–H groups in total. The molecule has 0 aliphatic heterocycles. The van der Waals surface area contributed by atoms with E-state index in [0.717, 1.165) is 11.3 Å². The Bertz CT molecular complexity index is 396. The maximum Gasteiger partial charge on any atom is 0.331 e. The van der Waals surface area contributed by atoms with E-state index in [2.05, 4.69) is 0 Å². The Balaban J connectivity index is 2.61. The van der Waals surface area contributed by atoms with Crippen LogP contribution in [0, 0.1) is 0 Å². The Hall–Kier alpha value is -1.77. The molecule has 0 heterocycles. The highest BCUT2D eigenvalue weighted by Gasteiger charge is 2.13. The number of carbonyl (C=O) groups is 1. The largest absolute Gasteiger partial charge is 0.497 e. The highest BCUT2D eigenvalue weighted by molar-refractivity contribution is 5.87. The molecule has 0 radical (unpaired) electrons. The first-order valence-electron chi connectivity index (χ1n) is 5.46. The van der Waals surface area contributed by atoms with Gasteiger partial charge in [-0.15, -0.1) is 0 Å². The number of benzene rings is 1. The lowest BCUT2D eigenvalue weighted by atomic mass is 10.2. The van der Waals surface area contributed by atoms with Gasteiger partial charge in [0.25, 0.3) is 0 Å². The van der Waals surface area contributed by atoms with Crippen LogP contribution in [0.1, 0.15) is 26.3 Å². The van der Waals surface area contributed by atoms with Crippen LogP contribution in [-0.2, 0) is 9.53 Å². The van der Waals surface area contributed by atoms with Gasteiger partial charge in [-0.3, -0.25) is 0 Å². The van der Waals surface area contributed by atoms with Crippen molar-refractivity contribution in [3.05, 3.63) is 35.9 Å². The molecule has 3 heteroatoms. The van der Waals surface area contributed by atoms with Gasteiger partial charge in [-0.25, -0.2) is 4.79 Å². The Morgan fingerprint density at radius 3 is 2.24 bits per heavy atom. The molecule has 1 rings (SSSR count). The molecule has 0 fully saturated rings. The minimum absolute atomic E-state index is 0.340. The lowest BCUT2D eigenvalue weighted by molar-refractivity contribution is -0.148. The van der Waals surface area contributed by atoms with Crippen LogP contribution in [0.25, 0.3) is 6.08 Å². The summed E-state index contributed by atoms with van der Waals surface area (Å²) >= 11 is 0. The highest BCUT2D eigenvalue weighted by atomic mass is 16.6. The van der Waals surface area contributed by atoms with Crippen molar-refractivity contribution in [1.29, 1.82) is 0 Å². The summed E-state index contributed by atoms with van der Waals surface area (Å²) in [7, 11) is 1.62. The molecule has 0 saturated carbocycles. The molecule has 0 unspecified atom stereocenters. The molecule has 0 spiro atoms. The average molecular weight is 234 g/mol. The summed E-state index contributed by atoms with van der Waals surface area (Å²) in [5.41, 5.74) is 0.470. The number of hydrogen-bond donors (Lipinski definition) is 0. The number of carbonyl (C=O) groups excluding carboxylic acids is 1. The summed E-state index contributed by atoms with van der Waals surface area (Å²) < 4.78 is 10.2. The summed E-state index contributed by atoms with van der Waals surface area (Å²) in [6.07, 6.45) is 3.14. The quantitative estimate of drug-likeness (QED) is 0.595. The van der Waals surface area contributed by atoms with Crippen LogP contribution in [-0.4, -0.2) is 18.7 Å². The summed E-state index contributed by atoms with van der Waals surface area (Å²) in [4.78, 5) is 11.4. The lowest BCUT2D eigenvalue weighted by Crippen LogP contribution is -2.22. The van der Waals surface area contributed by atoms with Crippen LogP contribution in [0.3, 0.4) is 0 Å². The Morgan fingerprint density at radius 1 is 1.18 bits per heavy atom. The van der Waals surface area contributed by atoms with Crippen molar-refractivity contribution in [3.8, 4) is 5.75 Å². The van der Waals surface area contributed by atoms with Crippen molar-refractivity contribution in [2.75, 3.05) is 7.11 Å². The van der Waals surface area contributed by atoms with E-state index in [4.69, 9.17) is 9.47 Å². The first-order chi connectivity index (χ1) is 7.90. The third-order valence-corrected chi connectivity index (χ3v) is 1.93. The fraction of sp³-hybridized carbons (Fsp3) is 0.357. The number of hydrogen-bond acceptors (Lipinski definition) is 3. The van der Waals surface area contributed by atoms with E-state index in [1.165, 1.54) is 6.08 Å². The molecule has 0 aliphatic rings. The molecule has 1 aromatic rings. The molecule has 0 aromatic heterocycles. The maximum atomic E-state index is 11.4. The molecule has 92 valence electrons. The first kappa shape index (κ1) is 13.3. The number of esters is 1. The molecule has 3 nitrogen and oxygen atoms in total. The zero-order valence-corrected chi connectivity index (χ0v) is 10.7. The van der Waals surface area contributed by atoms with Crippen LogP contribution >= 0.6 is 0 Å². The van der Waals surface area contributed by atoms with Crippen LogP contribution < -0.4 is 4.74 Å². The molecule has 0 saturated heterocycles. The van der Waals surface area contributed by atoms with Crippen LogP contribution in [0.5, 0.6) is 5.75 Å². The van der Waals surface area contributed by atoms with Crippen molar-refractivity contribution in [2.45, 2.75) is 26.4 Å². The molecular formula is C14H18O3. The minimum Gasteiger partial charge on any atom is -0.497 e. The number of ether oxygens (including phenoxy) is 2. The monoisotopic (exact) mass is 234 g/mol. The topological polar surface area (TPSA) is 35.5 Å². The number of rotatable bonds is 3. The Morgan fingerprint density at radius 2 is 1.76 bits per heavy atom. The van der Waals surface area contributed by atoms with E-state index >= 15 is 0 Å². The second-order valence-corrected chi connectivity index (χ2v) is 4.64. The fourth-order valence-electron chi connectivity index (χ4n) is 1.22. The predicted molar refractivity (Wildman–Crippen MR) is 67.9 cm³/mol. The van der Waals surface area contributed by atoms with Gasteiger partial charge in [0.1, 0.15) is 11.4 Å². The molecule has 0 bridgehead atoms. The molecule has 0 atom stereocenters. The standard InChI is InChI=1S/C14H18O3/c1-14(2,3)17-13(15)10-7-11-5-8-12(16-4)9-6-11/h5-10H,1-4H3. The molecule has 0 aliphatic carbocycles. The van der Waals surface area contributed by atoms with Gasteiger partial charge < -0.3 is 9.47 Å². The summed E-state index contributed by atoms with van der Waals surface area (Å²) in [6, 6.07) is 7.43. The van der Waals surface area contributed by atoms with Gasteiger partial charge in [-0.1, -0.05) is 12.1 Å². The van der Waals surface area contributed by atoms with Gasteiger partial charge in [0.2, 0.25) is 0 Å². The van der Waals surface area contributed by atoms with Crippen molar-refractivity contribution in [3.63, 3.8) is 0 Å². The maximum absolute atomic E-state index is 11.4. The number of methoxy groups -OCH3 is 1. The molecule has 17 heavy (non-hydrogen) atoms. The Labute approximate surface area is 102 Å². The Kier molecular flexibility index (Phi) is 4.32. The van der Waals surface area contributed by atoms with E-state index in [1.807, 2.05) is 45.0 Å². The normalized spacial score (nSPS) is 11.5. The van der Waals surface area contributed by atoms with Gasteiger partial charge >= 0.3 is 5.97 Å². The molecular weight excluding hydrogens is 216 g/mol. The third-order valence-electron chi connectivity index (χ3n) is 1.93. The van der Waals surface area contributed by atoms with Crippen molar-refractivity contribution < 1.29 is 14.3 Å². The SMILES string of the molecule is COc1ccc(C=CC(=O)OC(C)(C)C)cc1. The van der Waals surface area contributed by atoms with Gasteiger partial charge in [0.15, 0.2) is 0 Å². The van der Waals surface area contributed by atoms with Gasteiger partial charge in [0, 0.05) is 6.08 Å². The van der Waals surface area contributed by atoms with Crippen molar-refractivity contribution >= 4 is 12.0 Å². The second-order valence-electron chi connectivity index (χ2n) is 4.64. The van der Waals surface area contributed by atoms with Crippen molar-refractivity contribution in [1.82, 2.24) is 0 Å². The van der Waals surface area contributed by atoms with E-state index in [1.54, 1.807) is 13.2 Å². The lowest BCUT2D eigenvalue weighted by Gasteiger charge is -2.17. The summed E-state index contributed by atoms with van der Waals surface area (Å²) in [5, 5.41) is 0. The first-order valence-corrected chi connectivity index (χ1v) is 5.46. The predicted octanol–water partition coefficient (Wildman–Crippen LogP) is 3.05. The smallest absolute Gasteiger partial charge is 0.331 e. The van der Waals surface area contributed by atoms with Crippen molar-refractivity contribution in [2.24, 2.45) is 0 Å². The fourth-order valence-corrected chi connectivity index (χ4v) is 1.22. The van der Waals surface area contributed by atoms with E-state index < -0.39 is 5.60 Å². The summed E-state index contributed by atoms with van der Waals surface area (Å²) in [6.45, 7) is 5.52. The summed E-state index contributed by atoms with van der Waals surface area (Å²) in [5.74, 6) is 0.452. The highest BCUT2D eigenvalue weighted by Crippen LogP contribution is 2.13. The van der Waals surface area contributed by atoms with E-state index in [-0.39, 0.29) is 5.97 Å². The average Bonchev–Trinajstić information content (AvgIpc) is 2.25. The molecule has 0 amide bonds. The van der Waals surface area contributed by atoms with E-state index in [0.29, 0.717) is 0 Å².